The SMILES string of the molecule is CC(C)C(NCc1ccccc1-n1cccn1)C(=O)O. The lowest BCUT2D eigenvalue weighted by Gasteiger charge is -2.19. The van der Waals surface area contributed by atoms with Gasteiger partial charge in [-0.2, -0.15) is 5.10 Å². The van der Waals surface area contributed by atoms with Crippen molar-refractivity contribution < 1.29 is 9.90 Å². The van der Waals surface area contributed by atoms with E-state index in [0.717, 1.165) is 11.3 Å². The second-order valence-corrected chi connectivity index (χ2v) is 5.02. The highest BCUT2D eigenvalue weighted by Crippen LogP contribution is 2.14. The van der Waals surface area contributed by atoms with Gasteiger partial charge in [0.05, 0.1) is 5.69 Å². The first-order chi connectivity index (χ1) is 9.59. The highest BCUT2D eigenvalue weighted by molar-refractivity contribution is 5.73. The van der Waals surface area contributed by atoms with Crippen LogP contribution in [0.25, 0.3) is 5.69 Å². The van der Waals surface area contributed by atoms with Gasteiger partial charge in [-0.3, -0.25) is 4.79 Å². The van der Waals surface area contributed by atoms with Gasteiger partial charge in [0.25, 0.3) is 0 Å². The fourth-order valence-corrected chi connectivity index (χ4v) is 2.12. The minimum atomic E-state index is -0.823. The van der Waals surface area contributed by atoms with Gasteiger partial charge in [-0.25, -0.2) is 4.68 Å². The number of carbonyl (C=O) groups is 1. The summed E-state index contributed by atoms with van der Waals surface area (Å²) in [7, 11) is 0. The molecule has 0 saturated carbocycles. The van der Waals surface area contributed by atoms with E-state index in [-0.39, 0.29) is 5.92 Å². The second-order valence-electron chi connectivity index (χ2n) is 5.02. The van der Waals surface area contributed by atoms with Crippen molar-refractivity contribution in [1.82, 2.24) is 15.1 Å². The highest BCUT2D eigenvalue weighted by Gasteiger charge is 2.20. The quantitative estimate of drug-likeness (QED) is 0.845. The number of para-hydroxylation sites is 1. The number of carboxylic acids is 1. The molecular weight excluding hydrogens is 254 g/mol. The van der Waals surface area contributed by atoms with E-state index in [1.807, 2.05) is 50.4 Å². The molecule has 2 aromatic rings. The number of hydrogen-bond acceptors (Lipinski definition) is 3. The Hall–Kier alpha value is -2.14. The zero-order chi connectivity index (χ0) is 14.5. The Morgan fingerprint density at radius 1 is 1.35 bits per heavy atom. The van der Waals surface area contributed by atoms with E-state index in [1.165, 1.54) is 0 Å². The van der Waals surface area contributed by atoms with E-state index >= 15 is 0 Å². The van der Waals surface area contributed by atoms with Crippen LogP contribution in [0.4, 0.5) is 0 Å². The van der Waals surface area contributed by atoms with Crippen molar-refractivity contribution in [3.8, 4) is 5.69 Å². The van der Waals surface area contributed by atoms with Crippen LogP contribution in [0.3, 0.4) is 0 Å². The summed E-state index contributed by atoms with van der Waals surface area (Å²) in [6.07, 6.45) is 3.59. The standard InChI is InChI=1S/C15H19N3O2/c1-11(2)14(15(19)20)16-10-12-6-3-4-7-13(12)18-9-5-8-17-18/h3-9,11,14,16H,10H2,1-2H3,(H,19,20). The summed E-state index contributed by atoms with van der Waals surface area (Å²) in [5.41, 5.74) is 1.97. The fourth-order valence-electron chi connectivity index (χ4n) is 2.12. The van der Waals surface area contributed by atoms with Crippen LogP contribution in [0.5, 0.6) is 0 Å². The van der Waals surface area contributed by atoms with Crippen molar-refractivity contribution in [2.45, 2.75) is 26.4 Å². The molecule has 0 aliphatic carbocycles. The highest BCUT2D eigenvalue weighted by atomic mass is 16.4. The molecule has 1 unspecified atom stereocenters. The first-order valence-corrected chi connectivity index (χ1v) is 6.63. The summed E-state index contributed by atoms with van der Waals surface area (Å²) in [6, 6.07) is 9.13. The van der Waals surface area contributed by atoms with Crippen LogP contribution in [-0.4, -0.2) is 26.9 Å². The van der Waals surface area contributed by atoms with Crippen LogP contribution < -0.4 is 5.32 Å². The van der Waals surface area contributed by atoms with Crippen molar-refractivity contribution >= 4 is 5.97 Å². The van der Waals surface area contributed by atoms with Crippen LogP contribution in [0.2, 0.25) is 0 Å². The lowest BCUT2D eigenvalue weighted by molar-refractivity contribution is -0.140. The Morgan fingerprint density at radius 2 is 2.10 bits per heavy atom. The zero-order valence-electron chi connectivity index (χ0n) is 11.7. The van der Waals surface area contributed by atoms with Crippen LogP contribution >= 0.6 is 0 Å². The number of aromatic nitrogens is 2. The first-order valence-electron chi connectivity index (χ1n) is 6.63. The van der Waals surface area contributed by atoms with Gasteiger partial charge >= 0.3 is 5.97 Å². The Morgan fingerprint density at radius 3 is 2.70 bits per heavy atom. The minimum absolute atomic E-state index is 0.0318. The molecule has 0 amide bonds. The monoisotopic (exact) mass is 273 g/mol. The summed E-state index contributed by atoms with van der Waals surface area (Å²) in [6.45, 7) is 4.28. The molecule has 1 heterocycles. The molecule has 0 aliphatic heterocycles. The van der Waals surface area contributed by atoms with E-state index in [1.54, 1.807) is 10.9 Å². The molecule has 0 saturated heterocycles. The molecule has 5 nitrogen and oxygen atoms in total. The minimum Gasteiger partial charge on any atom is -0.480 e. The van der Waals surface area contributed by atoms with E-state index in [4.69, 9.17) is 0 Å². The number of hydrogen-bond donors (Lipinski definition) is 2. The lowest BCUT2D eigenvalue weighted by atomic mass is 10.0. The maximum absolute atomic E-state index is 11.2. The molecule has 20 heavy (non-hydrogen) atoms. The van der Waals surface area contributed by atoms with Crippen molar-refractivity contribution in [3.05, 3.63) is 48.3 Å². The van der Waals surface area contributed by atoms with Crippen LogP contribution in [0.1, 0.15) is 19.4 Å². The summed E-state index contributed by atoms with van der Waals surface area (Å²) in [5, 5.41) is 16.5. The number of rotatable bonds is 6. The Kier molecular flexibility index (Phi) is 4.53. The number of benzene rings is 1. The summed E-state index contributed by atoms with van der Waals surface area (Å²) < 4.78 is 1.78. The van der Waals surface area contributed by atoms with E-state index in [9.17, 15) is 9.90 Å². The Labute approximate surface area is 118 Å². The van der Waals surface area contributed by atoms with Gasteiger partial charge < -0.3 is 10.4 Å². The van der Waals surface area contributed by atoms with Crippen molar-refractivity contribution in [3.63, 3.8) is 0 Å². The van der Waals surface area contributed by atoms with Gasteiger partial charge in [-0.05, 0) is 23.6 Å². The van der Waals surface area contributed by atoms with Gasteiger partial charge in [0, 0.05) is 18.9 Å². The molecule has 0 fully saturated rings. The summed E-state index contributed by atoms with van der Waals surface area (Å²) in [5.74, 6) is -0.791. The number of carboxylic acid groups (broad SMARTS) is 1. The molecule has 0 radical (unpaired) electrons. The molecule has 0 spiro atoms. The molecule has 2 N–H and O–H groups in total. The van der Waals surface area contributed by atoms with Gasteiger partial charge in [-0.15, -0.1) is 0 Å². The Bertz CT molecular complexity index is 564. The van der Waals surface area contributed by atoms with Crippen LogP contribution in [0, 0.1) is 5.92 Å². The number of aliphatic carboxylic acids is 1. The molecule has 0 bridgehead atoms. The number of nitrogens with one attached hydrogen (secondary N) is 1. The average Bonchev–Trinajstić information content (AvgIpc) is 2.92. The molecule has 1 atom stereocenters. The Balaban J connectivity index is 2.16. The van der Waals surface area contributed by atoms with Gasteiger partial charge in [-0.1, -0.05) is 32.0 Å². The van der Waals surface area contributed by atoms with E-state index in [0.29, 0.717) is 6.54 Å². The average molecular weight is 273 g/mol. The first kappa shape index (κ1) is 14.3. The third-order valence-electron chi connectivity index (χ3n) is 3.19. The molecule has 106 valence electrons. The lowest BCUT2D eigenvalue weighted by Crippen LogP contribution is -2.40. The van der Waals surface area contributed by atoms with Gasteiger partial charge in [0.15, 0.2) is 0 Å². The topological polar surface area (TPSA) is 67.2 Å². The maximum Gasteiger partial charge on any atom is 0.320 e. The molecule has 1 aromatic carbocycles. The second kappa shape index (κ2) is 6.34. The van der Waals surface area contributed by atoms with Gasteiger partial charge in [0.1, 0.15) is 6.04 Å². The normalized spacial score (nSPS) is 12.6. The molecule has 5 heteroatoms. The van der Waals surface area contributed by atoms with Crippen molar-refractivity contribution in [2.75, 3.05) is 0 Å². The summed E-state index contributed by atoms with van der Waals surface area (Å²) >= 11 is 0. The predicted octanol–water partition coefficient (Wildman–Crippen LogP) is 2.07. The molecular formula is C15H19N3O2. The maximum atomic E-state index is 11.2. The summed E-state index contributed by atoms with van der Waals surface area (Å²) in [4.78, 5) is 11.2. The fraction of sp³-hybridized carbons (Fsp3) is 0.333. The van der Waals surface area contributed by atoms with Gasteiger partial charge in [0.2, 0.25) is 0 Å². The third-order valence-corrected chi connectivity index (χ3v) is 3.19. The third kappa shape index (κ3) is 3.24. The smallest absolute Gasteiger partial charge is 0.320 e. The van der Waals surface area contributed by atoms with Crippen molar-refractivity contribution in [2.24, 2.45) is 5.92 Å². The van der Waals surface area contributed by atoms with Crippen LogP contribution in [-0.2, 0) is 11.3 Å². The van der Waals surface area contributed by atoms with Crippen molar-refractivity contribution in [1.29, 1.82) is 0 Å². The van der Waals surface area contributed by atoms with Crippen LogP contribution in [0.15, 0.2) is 42.7 Å². The zero-order valence-corrected chi connectivity index (χ0v) is 11.7. The molecule has 2 rings (SSSR count). The number of nitrogens with zero attached hydrogens (tertiary/aromatic N) is 2. The molecule has 1 aromatic heterocycles. The van der Waals surface area contributed by atoms with E-state index < -0.39 is 12.0 Å². The largest absolute Gasteiger partial charge is 0.480 e. The van der Waals surface area contributed by atoms with E-state index in [2.05, 4.69) is 10.4 Å². The molecule has 0 aliphatic rings. The predicted molar refractivity (Wildman–Crippen MR) is 76.7 cm³/mol.